The van der Waals surface area contributed by atoms with E-state index < -0.39 is 11.9 Å². The third-order valence-electron chi connectivity index (χ3n) is 2.53. The molecule has 6 heteroatoms. The largest absolute Gasteiger partial charge is 0.506 e. The first-order valence-corrected chi connectivity index (χ1v) is 5.81. The lowest BCUT2D eigenvalue weighted by molar-refractivity contribution is -0.136. The van der Waals surface area contributed by atoms with Gasteiger partial charge in [0.25, 0.3) is 5.91 Å². The van der Waals surface area contributed by atoms with Crippen LogP contribution in [0.5, 0.6) is 5.75 Å². The Balaban J connectivity index is 2.13. The maximum absolute atomic E-state index is 11.9. The molecule has 2 rings (SSSR count). The topological polar surface area (TPSA) is 99.5 Å². The van der Waals surface area contributed by atoms with E-state index in [1.54, 1.807) is 24.3 Å². The number of aliphatic carboxylic acids is 1. The van der Waals surface area contributed by atoms with Crippen molar-refractivity contribution >= 4 is 17.6 Å². The van der Waals surface area contributed by atoms with E-state index in [1.807, 2.05) is 0 Å². The standard InChI is InChI=1S/C14H12N2O4/c17-12-6-10(7-15-8-12)14(20)16-11-3-1-2-9(4-11)5-13(18)19/h1-4,6-8,17H,5H2,(H,16,20)(H,18,19). The number of rotatable bonds is 4. The molecule has 0 aliphatic carbocycles. The van der Waals surface area contributed by atoms with Gasteiger partial charge in [-0.2, -0.15) is 0 Å². The molecule has 0 unspecified atom stereocenters. The van der Waals surface area contributed by atoms with Gasteiger partial charge in [0.05, 0.1) is 18.2 Å². The van der Waals surface area contributed by atoms with E-state index in [2.05, 4.69) is 10.3 Å². The molecule has 0 spiro atoms. The summed E-state index contributed by atoms with van der Waals surface area (Å²) in [6.07, 6.45) is 2.44. The first kappa shape index (κ1) is 13.5. The van der Waals surface area contributed by atoms with E-state index in [0.717, 1.165) is 0 Å². The number of carboxylic acid groups (broad SMARTS) is 1. The van der Waals surface area contributed by atoms with Gasteiger partial charge in [0, 0.05) is 11.9 Å². The molecular weight excluding hydrogens is 260 g/mol. The molecule has 0 bridgehead atoms. The van der Waals surface area contributed by atoms with Crippen molar-refractivity contribution in [2.24, 2.45) is 0 Å². The van der Waals surface area contributed by atoms with E-state index in [0.29, 0.717) is 11.3 Å². The number of aromatic hydroxyl groups is 1. The summed E-state index contributed by atoms with van der Waals surface area (Å²) in [6.45, 7) is 0. The van der Waals surface area contributed by atoms with Crippen molar-refractivity contribution in [2.45, 2.75) is 6.42 Å². The van der Waals surface area contributed by atoms with Crippen LogP contribution in [0.25, 0.3) is 0 Å². The Morgan fingerprint density at radius 3 is 2.70 bits per heavy atom. The summed E-state index contributed by atoms with van der Waals surface area (Å²) in [5.74, 6) is -1.47. The van der Waals surface area contributed by atoms with Crippen molar-refractivity contribution in [2.75, 3.05) is 5.32 Å². The number of pyridine rings is 1. The molecule has 1 heterocycles. The lowest BCUT2D eigenvalue weighted by Crippen LogP contribution is -2.12. The van der Waals surface area contributed by atoms with Crippen LogP contribution in [-0.2, 0) is 11.2 Å². The quantitative estimate of drug-likeness (QED) is 0.786. The maximum Gasteiger partial charge on any atom is 0.307 e. The van der Waals surface area contributed by atoms with Crippen molar-refractivity contribution in [1.82, 2.24) is 4.98 Å². The summed E-state index contributed by atoms with van der Waals surface area (Å²) in [5.41, 5.74) is 1.29. The minimum absolute atomic E-state index is 0.0997. The number of anilines is 1. The van der Waals surface area contributed by atoms with E-state index >= 15 is 0 Å². The molecule has 0 saturated carbocycles. The number of aromatic nitrogens is 1. The fourth-order valence-electron chi connectivity index (χ4n) is 1.69. The van der Waals surface area contributed by atoms with Gasteiger partial charge in [-0.15, -0.1) is 0 Å². The Morgan fingerprint density at radius 1 is 1.20 bits per heavy atom. The molecule has 102 valence electrons. The Morgan fingerprint density at radius 2 is 2.00 bits per heavy atom. The summed E-state index contributed by atoms with van der Waals surface area (Å²) in [4.78, 5) is 26.3. The zero-order valence-electron chi connectivity index (χ0n) is 10.4. The number of carboxylic acids is 1. The van der Waals surface area contributed by atoms with Crippen LogP contribution in [0.1, 0.15) is 15.9 Å². The van der Waals surface area contributed by atoms with Crippen LogP contribution in [0.3, 0.4) is 0 Å². The summed E-state index contributed by atoms with van der Waals surface area (Å²) in [6, 6.07) is 7.86. The van der Waals surface area contributed by atoms with Crippen molar-refractivity contribution in [3.8, 4) is 5.75 Å². The van der Waals surface area contributed by atoms with Gasteiger partial charge >= 0.3 is 5.97 Å². The van der Waals surface area contributed by atoms with E-state index in [-0.39, 0.29) is 17.7 Å². The second kappa shape index (κ2) is 5.83. The first-order valence-electron chi connectivity index (χ1n) is 5.81. The molecule has 0 aliphatic rings. The highest BCUT2D eigenvalue weighted by Crippen LogP contribution is 2.14. The van der Waals surface area contributed by atoms with Crippen LogP contribution in [0, 0.1) is 0 Å². The second-order valence-electron chi connectivity index (χ2n) is 4.16. The molecule has 1 amide bonds. The van der Waals surface area contributed by atoms with Gasteiger partial charge in [-0.25, -0.2) is 0 Å². The normalized spacial score (nSPS) is 10.0. The van der Waals surface area contributed by atoms with Crippen LogP contribution in [0.4, 0.5) is 5.69 Å². The molecule has 6 nitrogen and oxygen atoms in total. The van der Waals surface area contributed by atoms with Gasteiger partial charge in [0.2, 0.25) is 0 Å². The third kappa shape index (κ3) is 3.55. The van der Waals surface area contributed by atoms with Crippen molar-refractivity contribution in [1.29, 1.82) is 0 Å². The van der Waals surface area contributed by atoms with Crippen LogP contribution in [0.15, 0.2) is 42.7 Å². The lowest BCUT2D eigenvalue weighted by atomic mass is 10.1. The van der Waals surface area contributed by atoms with E-state index in [1.165, 1.54) is 18.5 Å². The summed E-state index contributed by atoms with van der Waals surface area (Å²) < 4.78 is 0. The molecular formula is C14H12N2O4. The Kier molecular flexibility index (Phi) is 3.95. The first-order chi connectivity index (χ1) is 9.54. The van der Waals surface area contributed by atoms with Gasteiger partial charge in [0.1, 0.15) is 5.75 Å². The average Bonchev–Trinajstić information content (AvgIpc) is 2.38. The number of carbonyl (C=O) groups excluding carboxylic acids is 1. The Hall–Kier alpha value is -2.89. The predicted molar refractivity (Wildman–Crippen MR) is 71.6 cm³/mol. The van der Waals surface area contributed by atoms with Crippen LogP contribution < -0.4 is 5.32 Å². The zero-order valence-corrected chi connectivity index (χ0v) is 10.4. The van der Waals surface area contributed by atoms with E-state index in [9.17, 15) is 14.7 Å². The number of carbonyl (C=O) groups is 2. The van der Waals surface area contributed by atoms with Gasteiger partial charge in [-0.3, -0.25) is 14.6 Å². The molecule has 3 N–H and O–H groups in total. The molecule has 0 radical (unpaired) electrons. The Bertz CT molecular complexity index is 655. The number of hydrogen-bond acceptors (Lipinski definition) is 4. The van der Waals surface area contributed by atoms with Gasteiger partial charge in [0.15, 0.2) is 0 Å². The molecule has 0 fully saturated rings. The molecule has 0 aliphatic heterocycles. The minimum atomic E-state index is -0.939. The van der Waals surface area contributed by atoms with Crippen LogP contribution in [-0.4, -0.2) is 27.1 Å². The van der Waals surface area contributed by atoms with Gasteiger partial charge in [-0.05, 0) is 23.8 Å². The SMILES string of the molecule is O=C(O)Cc1cccc(NC(=O)c2cncc(O)c2)c1. The highest BCUT2D eigenvalue weighted by Gasteiger charge is 2.08. The number of amides is 1. The van der Waals surface area contributed by atoms with Crippen LogP contribution in [0.2, 0.25) is 0 Å². The maximum atomic E-state index is 11.9. The monoisotopic (exact) mass is 272 g/mol. The number of hydrogen-bond donors (Lipinski definition) is 3. The molecule has 1 aromatic heterocycles. The smallest absolute Gasteiger partial charge is 0.307 e. The van der Waals surface area contributed by atoms with Gasteiger partial charge < -0.3 is 15.5 Å². The number of nitrogens with one attached hydrogen (secondary N) is 1. The Labute approximate surface area is 114 Å². The van der Waals surface area contributed by atoms with Crippen molar-refractivity contribution in [3.05, 3.63) is 53.9 Å². The van der Waals surface area contributed by atoms with Crippen molar-refractivity contribution < 1.29 is 19.8 Å². The highest BCUT2D eigenvalue weighted by atomic mass is 16.4. The van der Waals surface area contributed by atoms with Crippen molar-refractivity contribution in [3.63, 3.8) is 0 Å². The average molecular weight is 272 g/mol. The predicted octanol–water partition coefficient (Wildman–Crippen LogP) is 1.67. The molecule has 0 atom stereocenters. The molecule has 2 aromatic rings. The van der Waals surface area contributed by atoms with Crippen LogP contribution >= 0.6 is 0 Å². The summed E-state index contributed by atoms with van der Waals surface area (Å²) in [7, 11) is 0. The summed E-state index contributed by atoms with van der Waals surface area (Å²) >= 11 is 0. The molecule has 1 aromatic carbocycles. The third-order valence-corrected chi connectivity index (χ3v) is 2.53. The highest BCUT2D eigenvalue weighted by molar-refractivity contribution is 6.04. The zero-order chi connectivity index (χ0) is 14.5. The second-order valence-corrected chi connectivity index (χ2v) is 4.16. The van der Waals surface area contributed by atoms with E-state index in [4.69, 9.17) is 5.11 Å². The molecule has 20 heavy (non-hydrogen) atoms. The lowest BCUT2D eigenvalue weighted by Gasteiger charge is -2.06. The molecule has 0 saturated heterocycles. The fraction of sp³-hybridized carbons (Fsp3) is 0.0714. The number of benzene rings is 1. The summed E-state index contributed by atoms with van der Waals surface area (Å²) in [5, 5.41) is 20.6. The fourth-order valence-corrected chi connectivity index (χ4v) is 1.69. The minimum Gasteiger partial charge on any atom is -0.506 e. The van der Waals surface area contributed by atoms with Gasteiger partial charge in [-0.1, -0.05) is 12.1 Å². The number of nitrogens with zero attached hydrogens (tertiary/aromatic N) is 1.